The molecule has 1 aromatic carbocycles. The maximum Gasteiger partial charge on any atom is 0.240 e. The lowest BCUT2D eigenvalue weighted by Gasteiger charge is -2.34. The Kier molecular flexibility index (Phi) is 5.00. The zero-order valence-electron chi connectivity index (χ0n) is 13.6. The number of aryl methyl sites for hydroxylation is 1. The summed E-state index contributed by atoms with van der Waals surface area (Å²) in [6.45, 7) is 1.56. The summed E-state index contributed by atoms with van der Waals surface area (Å²) in [5, 5.41) is 8.07. The predicted molar refractivity (Wildman–Crippen MR) is 92.3 cm³/mol. The second-order valence-corrected chi connectivity index (χ2v) is 6.89. The van der Waals surface area contributed by atoms with E-state index in [-0.39, 0.29) is 17.1 Å². The summed E-state index contributed by atoms with van der Waals surface area (Å²) < 4.78 is 1.96. The van der Waals surface area contributed by atoms with Gasteiger partial charge in [0.05, 0.1) is 0 Å². The standard InChI is InChI=1S/C17H22N4OS/c1-20-12-18-19-16(20)14-9-6-10-21(11-14)17(22)15(23-2)13-7-4-3-5-8-13/h3-5,7-8,12,14-15H,6,9-11H2,1-2H3. The first kappa shape index (κ1) is 16.1. The second-order valence-electron chi connectivity index (χ2n) is 5.95. The van der Waals surface area contributed by atoms with E-state index in [0.717, 1.165) is 37.3 Å². The van der Waals surface area contributed by atoms with Crippen LogP contribution in [0.3, 0.4) is 0 Å². The van der Waals surface area contributed by atoms with Gasteiger partial charge in [-0.05, 0) is 24.7 Å². The number of piperidine rings is 1. The van der Waals surface area contributed by atoms with Crippen LogP contribution in [-0.2, 0) is 11.8 Å². The molecule has 0 bridgehead atoms. The number of hydrogen-bond acceptors (Lipinski definition) is 4. The van der Waals surface area contributed by atoms with E-state index in [2.05, 4.69) is 10.2 Å². The Morgan fingerprint density at radius 2 is 2.13 bits per heavy atom. The van der Waals surface area contributed by atoms with Crippen molar-refractivity contribution < 1.29 is 4.79 Å². The van der Waals surface area contributed by atoms with Gasteiger partial charge in [-0.3, -0.25) is 4.79 Å². The Hall–Kier alpha value is -1.82. The van der Waals surface area contributed by atoms with Crippen molar-refractivity contribution in [2.45, 2.75) is 24.0 Å². The molecular weight excluding hydrogens is 308 g/mol. The third-order valence-corrected chi connectivity index (χ3v) is 5.35. The molecule has 122 valence electrons. The van der Waals surface area contributed by atoms with Crippen LogP contribution in [0.5, 0.6) is 0 Å². The number of likely N-dealkylation sites (tertiary alicyclic amines) is 1. The van der Waals surface area contributed by atoms with Crippen LogP contribution in [0.1, 0.15) is 35.4 Å². The molecule has 0 saturated carbocycles. The quantitative estimate of drug-likeness (QED) is 0.865. The minimum Gasteiger partial charge on any atom is -0.341 e. The summed E-state index contributed by atoms with van der Waals surface area (Å²) in [7, 11) is 1.96. The molecule has 5 nitrogen and oxygen atoms in total. The summed E-state index contributed by atoms with van der Waals surface area (Å²) in [6, 6.07) is 10.0. The molecule has 2 unspecified atom stereocenters. The van der Waals surface area contributed by atoms with Gasteiger partial charge in [0, 0.05) is 26.1 Å². The summed E-state index contributed by atoms with van der Waals surface area (Å²) in [5.41, 5.74) is 1.07. The Morgan fingerprint density at radius 3 is 2.78 bits per heavy atom. The van der Waals surface area contributed by atoms with Gasteiger partial charge in [-0.1, -0.05) is 30.3 Å². The Morgan fingerprint density at radius 1 is 1.35 bits per heavy atom. The van der Waals surface area contributed by atoms with E-state index in [1.165, 1.54) is 0 Å². The van der Waals surface area contributed by atoms with Crippen molar-refractivity contribution in [3.8, 4) is 0 Å². The Bertz CT molecular complexity index is 658. The monoisotopic (exact) mass is 330 g/mol. The largest absolute Gasteiger partial charge is 0.341 e. The van der Waals surface area contributed by atoms with Crippen molar-refractivity contribution in [3.63, 3.8) is 0 Å². The summed E-state index contributed by atoms with van der Waals surface area (Å²) in [4.78, 5) is 15.0. The first-order valence-electron chi connectivity index (χ1n) is 7.91. The van der Waals surface area contributed by atoms with Crippen LogP contribution in [0.15, 0.2) is 36.7 Å². The van der Waals surface area contributed by atoms with Crippen molar-refractivity contribution >= 4 is 17.7 Å². The van der Waals surface area contributed by atoms with Gasteiger partial charge in [0.25, 0.3) is 0 Å². The van der Waals surface area contributed by atoms with Gasteiger partial charge in [-0.25, -0.2) is 0 Å². The van der Waals surface area contributed by atoms with Gasteiger partial charge in [0.15, 0.2) is 0 Å². The average molecular weight is 330 g/mol. The third-order valence-electron chi connectivity index (χ3n) is 4.41. The van der Waals surface area contributed by atoms with Crippen LogP contribution in [0.2, 0.25) is 0 Å². The highest BCUT2D eigenvalue weighted by atomic mass is 32.2. The Balaban J connectivity index is 1.75. The number of carbonyl (C=O) groups is 1. The normalized spacial score (nSPS) is 19.6. The fourth-order valence-corrected chi connectivity index (χ4v) is 4.00. The van der Waals surface area contributed by atoms with Crippen molar-refractivity contribution in [2.75, 3.05) is 19.3 Å². The first-order chi connectivity index (χ1) is 11.2. The Labute approximate surface area is 141 Å². The van der Waals surface area contributed by atoms with Gasteiger partial charge >= 0.3 is 0 Å². The molecule has 2 heterocycles. The van der Waals surface area contributed by atoms with Crippen molar-refractivity contribution in [3.05, 3.63) is 48.0 Å². The van der Waals surface area contributed by atoms with E-state index in [9.17, 15) is 4.79 Å². The molecular formula is C17H22N4OS. The molecule has 1 amide bonds. The molecule has 0 aliphatic carbocycles. The van der Waals surface area contributed by atoms with Crippen LogP contribution in [0, 0.1) is 0 Å². The average Bonchev–Trinajstić information content (AvgIpc) is 3.02. The lowest BCUT2D eigenvalue weighted by molar-refractivity contribution is -0.132. The second kappa shape index (κ2) is 7.17. The van der Waals surface area contributed by atoms with E-state index in [4.69, 9.17) is 0 Å². The molecule has 2 aromatic rings. The first-order valence-corrected chi connectivity index (χ1v) is 9.20. The van der Waals surface area contributed by atoms with Crippen LogP contribution in [0.4, 0.5) is 0 Å². The van der Waals surface area contributed by atoms with E-state index in [1.54, 1.807) is 18.1 Å². The van der Waals surface area contributed by atoms with Crippen molar-refractivity contribution in [2.24, 2.45) is 7.05 Å². The molecule has 0 radical (unpaired) electrons. The molecule has 1 fully saturated rings. The molecule has 0 N–H and O–H groups in total. The van der Waals surface area contributed by atoms with Gasteiger partial charge in [0.2, 0.25) is 5.91 Å². The van der Waals surface area contributed by atoms with Crippen LogP contribution in [0.25, 0.3) is 0 Å². The number of carbonyl (C=O) groups excluding carboxylic acids is 1. The summed E-state index contributed by atoms with van der Waals surface area (Å²) in [6.07, 6.45) is 5.80. The van der Waals surface area contributed by atoms with Crippen molar-refractivity contribution in [1.29, 1.82) is 0 Å². The van der Waals surface area contributed by atoms with Gasteiger partial charge < -0.3 is 9.47 Å². The molecule has 1 aliphatic rings. The van der Waals surface area contributed by atoms with E-state index in [0.29, 0.717) is 0 Å². The number of thioether (sulfide) groups is 1. The topological polar surface area (TPSA) is 51.0 Å². The van der Waals surface area contributed by atoms with E-state index in [1.807, 2.05) is 53.1 Å². The molecule has 6 heteroatoms. The fourth-order valence-electron chi connectivity index (χ4n) is 3.22. The smallest absolute Gasteiger partial charge is 0.240 e. The summed E-state index contributed by atoms with van der Waals surface area (Å²) in [5.74, 6) is 1.46. The molecule has 1 saturated heterocycles. The summed E-state index contributed by atoms with van der Waals surface area (Å²) >= 11 is 1.60. The number of aromatic nitrogens is 3. The zero-order chi connectivity index (χ0) is 16.2. The minimum atomic E-state index is -0.130. The highest BCUT2D eigenvalue weighted by molar-refractivity contribution is 7.99. The van der Waals surface area contributed by atoms with Crippen LogP contribution < -0.4 is 0 Å². The SMILES string of the molecule is CSC(C(=O)N1CCCC(c2nncn2C)C1)c1ccccc1. The molecule has 23 heavy (non-hydrogen) atoms. The molecule has 2 atom stereocenters. The van der Waals surface area contributed by atoms with Crippen LogP contribution >= 0.6 is 11.8 Å². The lowest BCUT2D eigenvalue weighted by Crippen LogP contribution is -2.41. The van der Waals surface area contributed by atoms with Crippen molar-refractivity contribution in [1.82, 2.24) is 19.7 Å². The predicted octanol–water partition coefficient (Wildman–Crippen LogP) is 2.63. The van der Waals surface area contributed by atoms with Crippen LogP contribution in [-0.4, -0.2) is 44.9 Å². The third kappa shape index (κ3) is 3.42. The molecule has 0 spiro atoms. The maximum absolute atomic E-state index is 13.0. The van der Waals surface area contributed by atoms with E-state index >= 15 is 0 Å². The zero-order valence-corrected chi connectivity index (χ0v) is 14.4. The highest BCUT2D eigenvalue weighted by Gasteiger charge is 2.31. The highest BCUT2D eigenvalue weighted by Crippen LogP contribution is 2.32. The number of rotatable bonds is 4. The van der Waals surface area contributed by atoms with Gasteiger partial charge in [-0.2, -0.15) is 0 Å². The number of benzene rings is 1. The number of hydrogen-bond donors (Lipinski definition) is 0. The molecule has 3 rings (SSSR count). The molecule has 1 aliphatic heterocycles. The van der Waals surface area contributed by atoms with Gasteiger partial charge in [-0.15, -0.1) is 22.0 Å². The number of amides is 1. The molecule has 1 aromatic heterocycles. The lowest BCUT2D eigenvalue weighted by atomic mass is 9.96. The number of nitrogens with zero attached hydrogens (tertiary/aromatic N) is 4. The maximum atomic E-state index is 13.0. The fraction of sp³-hybridized carbons (Fsp3) is 0.471. The van der Waals surface area contributed by atoms with Gasteiger partial charge in [0.1, 0.15) is 17.4 Å². The minimum absolute atomic E-state index is 0.130. The van der Waals surface area contributed by atoms with E-state index < -0.39 is 0 Å².